The lowest BCUT2D eigenvalue weighted by Crippen LogP contribution is -2.51. The Labute approximate surface area is 74.4 Å². The third kappa shape index (κ3) is 2.44. The summed E-state index contributed by atoms with van der Waals surface area (Å²) in [6, 6.07) is 0. The first kappa shape index (κ1) is 9.96. The van der Waals surface area contributed by atoms with Gasteiger partial charge in [0, 0.05) is 19.7 Å². The van der Waals surface area contributed by atoms with Gasteiger partial charge in [0.1, 0.15) is 0 Å². The topological polar surface area (TPSA) is 30.5 Å². The summed E-state index contributed by atoms with van der Waals surface area (Å²) in [6.45, 7) is 7.52. The largest absolute Gasteiger partial charge is 0.349 e. The summed E-state index contributed by atoms with van der Waals surface area (Å²) in [5, 5.41) is 3.29. The molecule has 0 saturated carbocycles. The zero-order valence-electron chi connectivity index (χ0n) is 8.06. The fraction of sp³-hybridized carbons (Fsp3) is 1.00. The highest BCUT2D eigenvalue weighted by atomic mass is 16.7. The first-order chi connectivity index (χ1) is 5.83. The van der Waals surface area contributed by atoms with Crippen LogP contribution in [-0.4, -0.2) is 32.1 Å². The fourth-order valence-corrected chi connectivity index (χ4v) is 1.35. The van der Waals surface area contributed by atoms with Gasteiger partial charge in [-0.25, -0.2) is 0 Å². The Morgan fingerprint density at radius 1 is 1.50 bits per heavy atom. The number of morpholine rings is 1. The van der Waals surface area contributed by atoms with E-state index in [-0.39, 0.29) is 5.79 Å². The van der Waals surface area contributed by atoms with E-state index in [0.29, 0.717) is 0 Å². The lowest BCUT2D eigenvalue weighted by atomic mass is 10.2. The van der Waals surface area contributed by atoms with Gasteiger partial charge in [0.2, 0.25) is 0 Å². The first-order valence-corrected chi connectivity index (χ1v) is 4.81. The minimum atomic E-state index is -0.339. The molecule has 1 atom stereocenters. The van der Waals surface area contributed by atoms with E-state index in [4.69, 9.17) is 9.47 Å². The van der Waals surface area contributed by atoms with E-state index in [1.165, 1.54) is 0 Å². The van der Waals surface area contributed by atoms with Crippen LogP contribution in [0.2, 0.25) is 0 Å². The van der Waals surface area contributed by atoms with Crippen LogP contribution < -0.4 is 5.32 Å². The molecule has 1 aliphatic rings. The standard InChI is InChI=1S/C9H19NO2/c1-3-6-11-9(4-2)8-10-5-7-12-9/h10H,3-8H2,1-2H3. The van der Waals surface area contributed by atoms with Gasteiger partial charge in [-0.05, 0) is 12.8 Å². The zero-order valence-corrected chi connectivity index (χ0v) is 8.06. The normalized spacial score (nSPS) is 30.5. The first-order valence-electron chi connectivity index (χ1n) is 4.81. The molecule has 0 amide bonds. The van der Waals surface area contributed by atoms with Crippen molar-refractivity contribution in [1.29, 1.82) is 0 Å². The van der Waals surface area contributed by atoms with E-state index in [2.05, 4.69) is 19.2 Å². The molecule has 0 spiro atoms. The van der Waals surface area contributed by atoms with Gasteiger partial charge in [0.25, 0.3) is 0 Å². The van der Waals surface area contributed by atoms with Crippen LogP contribution in [0, 0.1) is 0 Å². The lowest BCUT2D eigenvalue weighted by molar-refractivity contribution is -0.247. The van der Waals surface area contributed by atoms with Crippen molar-refractivity contribution in [3.63, 3.8) is 0 Å². The van der Waals surface area contributed by atoms with Gasteiger partial charge in [-0.3, -0.25) is 0 Å². The third-order valence-electron chi connectivity index (χ3n) is 2.15. The van der Waals surface area contributed by atoms with Crippen LogP contribution in [0.15, 0.2) is 0 Å². The van der Waals surface area contributed by atoms with Crippen molar-refractivity contribution in [2.24, 2.45) is 0 Å². The highest BCUT2D eigenvalue weighted by Crippen LogP contribution is 2.19. The maximum atomic E-state index is 5.68. The summed E-state index contributed by atoms with van der Waals surface area (Å²) in [5.74, 6) is -0.339. The average molecular weight is 173 g/mol. The molecular weight excluding hydrogens is 154 g/mol. The van der Waals surface area contributed by atoms with E-state index < -0.39 is 0 Å². The predicted molar refractivity (Wildman–Crippen MR) is 48.1 cm³/mol. The zero-order chi connectivity index (χ0) is 8.86. The van der Waals surface area contributed by atoms with E-state index in [1.54, 1.807) is 0 Å². The molecule has 1 aliphatic heterocycles. The molecule has 1 unspecified atom stereocenters. The summed E-state index contributed by atoms with van der Waals surface area (Å²) in [6.07, 6.45) is 1.96. The Balaban J connectivity index is 2.37. The van der Waals surface area contributed by atoms with Crippen LogP contribution in [0.3, 0.4) is 0 Å². The molecular formula is C9H19NO2. The van der Waals surface area contributed by atoms with Crippen molar-refractivity contribution in [1.82, 2.24) is 5.32 Å². The second-order valence-corrected chi connectivity index (χ2v) is 3.14. The molecule has 0 aromatic heterocycles. The van der Waals surface area contributed by atoms with Crippen molar-refractivity contribution in [2.75, 3.05) is 26.3 Å². The maximum absolute atomic E-state index is 5.68. The minimum absolute atomic E-state index is 0.339. The molecule has 0 aromatic carbocycles. The molecule has 12 heavy (non-hydrogen) atoms. The van der Waals surface area contributed by atoms with E-state index in [0.717, 1.165) is 39.1 Å². The van der Waals surface area contributed by atoms with Crippen LogP contribution in [-0.2, 0) is 9.47 Å². The molecule has 0 radical (unpaired) electrons. The highest BCUT2D eigenvalue weighted by molar-refractivity contribution is 4.75. The molecule has 1 heterocycles. The monoisotopic (exact) mass is 173 g/mol. The number of ether oxygens (including phenoxy) is 2. The Kier molecular flexibility index (Phi) is 3.98. The minimum Gasteiger partial charge on any atom is -0.349 e. The molecule has 0 aliphatic carbocycles. The van der Waals surface area contributed by atoms with Gasteiger partial charge in [-0.2, -0.15) is 0 Å². The van der Waals surface area contributed by atoms with Gasteiger partial charge in [0.15, 0.2) is 5.79 Å². The summed E-state index contributed by atoms with van der Waals surface area (Å²) >= 11 is 0. The van der Waals surface area contributed by atoms with Crippen LogP contribution >= 0.6 is 0 Å². The summed E-state index contributed by atoms with van der Waals surface area (Å²) < 4.78 is 11.3. The molecule has 1 fully saturated rings. The van der Waals surface area contributed by atoms with Gasteiger partial charge in [-0.1, -0.05) is 13.8 Å². The Morgan fingerprint density at radius 3 is 2.83 bits per heavy atom. The second-order valence-electron chi connectivity index (χ2n) is 3.14. The molecule has 1 N–H and O–H groups in total. The number of hydrogen-bond donors (Lipinski definition) is 1. The molecule has 3 heteroatoms. The van der Waals surface area contributed by atoms with Crippen LogP contribution in [0.1, 0.15) is 26.7 Å². The fourth-order valence-electron chi connectivity index (χ4n) is 1.35. The molecule has 0 bridgehead atoms. The SMILES string of the molecule is CCCOC1(CC)CNCCO1. The van der Waals surface area contributed by atoms with Crippen molar-refractivity contribution in [3.8, 4) is 0 Å². The Morgan fingerprint density at radius 2 is 2.33 bits per heavy atom. The Hall–Kier alpha value is -0.120. The molecule has 3 nitrogen and oxygen atoms in total. The second kappa shape index (κ2) is 4.80. The van der Waals surface area contributed by atoms with Gasteiger partial charge in [0.05, 0.1) is 6.61 Å². The smallest absolute Gasteiger partial charge is 0.180 e. The van der Waals surface area contributed by atoms with Crippen molar-refractivity contribution < 1.29 is 9.47 Å². The van der Waals surface area contributed by atoms with Crippen molar-refractivity contribution in [3.05, 3.63) is 0 Å². The summed E-state index contributed by atoms with van der Waals surface area (Å²) in [7, 11) is 0. The van der Waals surface area contributed by atoms with Crippen molar-refractivity contribution in [2.45, 2.75) is 32.5 Å². The number of hydrogen-bond acceptors (Lipinski definition) is 3. The van der Waals surface area contributed by atoms with E-state index in [9.17, 15) is 0 Å². The summed E-state index contributed by atoms with van der Waals surface area (Å²) in [5.41, 5.74) is 0. The quantitative estimate of drug-likeness (QED) is 0.691. The Bertz CT molecular complexity index is 122. The highest BCUT2D eigenvalue weighted by Gasteiger charge is 2.31. The van der Waals surface area contributed by atoms with Crippen molar-refractivity contribution >= 4 is 0 Å². The van der Waals surface area contributed by atoms with Gasteiger partial charge < -0.3 is 14.8 Å². The third-order valence-corrected chi connectivity index (χ3v) is 2.15. The molecule has 1 rings (SSSR count). The van der Waals surface area contributed by atoms with Crippen LogP contribution in [0.4, 0.5) is 0 Å². The molecule has 0 aromatic rings. The molecule has 1 saturated heterocycles. The van der Waals surface area contributed by atoms with E-state index in [1.807, 2.05) is 0 Å². The van der Waals surface area contributed by atoms with Gasteiger partial charge in [-0.15, -0.1) is 0 Å². The maximum Gasteiger partial charge on any atom is 0.180 e. The van der Waals surface area contributed by atoms with E-state index >= 15 is 0 Å². The average Bonchev–Trinajstić information content (AvgIpc) is 2.16. The summed E-state index contributed by atoms with van der Waals surface area (Å²) in [4.78, 5) is 0. The van der Waals surface area contributed by atoms with Crippen LogP contribution in [0.25, 0.3) is 0 Å². The number of rotatable bonds is 4. The predicted octanol–water partition coefficient (Wildman–Crippen LogP) is 1.14. The van der Waals surface area contributed by atoms with Gasteiger partial charge >= 0.3 is 0 Å². The lowest BCUT2D eigenvalue weighted by Gasteiger charge is -2.36. The number of nitrogens with one attached hydrogen (secondary N) is 1. The van der Waals surface area contributed by atoms with Crippen LogP contribution in [0.5, 0.6) is 0 Å². The molecule has 72 valence electrons.